The number of aliphatic imine (C=N–C) groups is 1. The first-order valence-electron chi connectivity index (χ1n) is 10.3. The number of aryl methyl sites for hydroxylation is 1. The third-order valence-corrected chi connectivity index (χ3v) is 6.29. The Morgan fingerprint density at radius 3 is 2.88 bits per heavy atom. The van der Waals surface area contributed by atoms with Gasteiger partial charge in [0.05, 0.1) is 0 Å². The second-order valence-corrected chi connectivity index (χ2v) is 7.94. The van der Waals surface area contributed by atoms with Crippen LogP contribution in [-0.4, -0.2) is 33.3 Å². The van der Waals surface area contributed by atoms with Crippen LogP contribution in [0.1, 0.15) is 69.9 Å². The summed E-state index contributed by atoms with van der Waals surface area (Å²) in [6, 6.07) is 0.571. The number of nitrogens with zero attached hydrogens (tertiary/aromatic N) is 4. The second-order valence-electron chi connectivity index (χ2n) is 7.94. The molecule has 0 bridgehead atoms. The molecule has 2 heterocycles. The highest BCUT2D eigenvalue weighted by molar-refractivity contribution is 5.80. The van der Waals surface area contributed by atoms with Gasteiger partial charge in [0.25, 0.3) is 0 Å². The van der Waals surface area contributed by atoms with E-state index in [9.17, 15) is 0 Å². The lowest BCUT2D eigenvalue weighted by Crippen LogP contribution is -2.47. The summed E-state index contributed by atoms with van der Waals surface area (Å²) in [5.74, 6) is 4.99. The van der Waals surface area contributed by atoms with Crippen molar-refractivity contribution in [2.75, 3.05) is 6.54 Å². The zero-order valence-corrected chi connectivity index (χ0v) is 15.5. The molecule has 0 spiro atoms. The topological polar surface area (TPSA) is 67.1 Å². The zero-order chi connectivity index (χ0) is 17.1. The van der Waals surface area contributed by atoms with Gasteiger partial charge in [-0.1, -0.05) is 25.7 Å². The van der Waals surface area contributed by atoms with E-state index in [1.165, 1.54) is 51.4 Å². The Morgan fingerprint density at radius 1 is 1.12 bits per heavy atom. The van der Waals surface area contributed by atoms with Gasteiger partial charge in [0.15, 0.2) is 11.8 Å². The lowest BCUT2D eigenvalue weighted by Gasteiger charge is -2.39. The van der Waals surface area contributed by atoms with Crippen LogP contribution in [0.15, 0.2) is 4.99 Å². The minimum atomic E-state index is 0.571. The molecule has 0 radical (unpaired) electrons. The average Bonchev–Trinajstić information content (AvgIpc) is 3.24. The predicted octanol–water partition coefficient (Wildman–Crippen LogP) is 2.64. The fourth-order valence-corrected chi connectivity index (χ4v) is 5.00. The van der Waals surface area contributed by atoms with Gasteiger partial charge in [-0.25, -0.2) is 4.99 Å². The van der Waals surface area contributed by atoms with E-state index in [1.54, 1.807) is 0 Å². The van der Waals surface area contributed by atoms with Crippen LogP contribution in [0.25, 0.3) is 0 Å². The van der Waals surface area contributed by atoms with Crippen LogP contribution in [0.3, 0.4) is 0 Å². The van der Waals surface area contributed by atoms with Crippen molar-refractivity contribution in [1.82, 2.24) is 25.4 Å². The van der Waals surface area contributed by atoms with Crippen molar-refractivity contribution >= 4 is 5.96 Å². The summed E-state index contributed by atoms with van der Waals surface area (Å²) in [6.45, 7) is 4.68. The van der Waals surface area contributed by atoms with E-state index in [1.807, 2.05) is 0 Å². The molecule has 25 heavy (non-hydrogen) atoms. The van der Waals surface area contributed by atoms with Gasteiger partial charge in [0, 0.05) is 25.6 Å². The molecule has 1 aromatic heterocycles. The largest absolute Gasteiger partial charge is 0.357 e. The first kappa shape index (κ1) is 16.9. The number of nitrogens with one attached hydrogen (secondary N) is 2. The zero-order valence-electron chi connectivity index (χ0n) is 15.5. The standard InChI is InChI=1S/C19H32N6/c1-2-20-19(21-13-18-24-23-17-8-5-11-25(17)18)22-16-10-9-14-6-3-4-7-15(14)12-16/h14-16H,2-13H2,1H3,(H2,20,21,22). The van der Waals surface area contributed by atoms with Crippen LogP contribution in [0.4, 0.5) is 0 Å². The number of hydrogen-bond donors (Lipinski definition) is 2. The first-order chi connectivity index (χ1) is 12.3. The first-order valence-corrected chi connectivity index (χ1v) is 10.3. The van der Waals surface area contributed by atoms with Crippen molar-refractivity contribution in [3.05, 3.63) is 11.6 Å². The minimum absolute atomic E-state index is 0.571. The molecule has 0 aromatic carbocycles. The molecule has 6 nitrogen and oxygen atoms in total. The van der Waals surface area contributed by atoms with Gasteiger partial charge in [0.2, 0.25) is 0 Å². The van der Waals surface area contributed by atoms with Gasteiger partial charge < -0.3 is 15.2 Å². The Labute approximate surface area is 150 Å². The number of fused-ring (bicyclic) bond motifs is 2. The quantitative estimate of drug-likeness (QED) is 0.651. The summed E-state index contributed by atoms with van der Waals surface area (Å²) in [6.07, 6.45) is 12.0. The molecule has 4 rings (SSSR count). The van der Waals surface area contributed by atoms with E-state index in [-0.39, 0.29) is 0 Å². The average molecular weight is 345 g/mol. The molecule has 2 fully saturated rings. The maximum absolute atomic E-state index is 4.80. The van der Waals surface area contributed by atoms with Crippen LogP contribution >= 0.6 is 0 Å². The molecule has 0 saturated heterocycles. The molecule has 0 amide bonds. The molecule has 138 valence electrons. The number of guanidine groups is 1. The monoisotopic (exact) mass is 344 g/mol. The summed E-state index contributed by atoms with van der Waals surface area (Å²) >= 11 is 0. The van der Waals surface area contributed by atoms with Crippen LogP contribution in [-0.2, 0) is 19.5 Å². The van der Waals surface area contributed by atoms with Crippen molar-refractivity contribution in [1.29, 1.82) is 0 Å². The van der Waals surface area contributed by atoms with E-state index in [0.717, 1.165) is 49.0 Å². The lowest BCUT2D eigenvalue weighted by atomic mass is 9.69. The van der Waals surface area contributed by atoms with Crippen molar-refractivity contribution in [2.24, 2.45) is 16.8 Å². The van der Waals surface area contributed by atoms with Gasteiger partial charge >= 0.3 is 0 Å². The van der Waals surface area contributed by atoms with Crippen molar-refractivity contribution in [2.45, 2.75) is 83.8 Å². The maximum atomic E-state index is 4.80. The smallest absolute Gasteiger partial charge is 0.191 e. The lowest BCUT2D eigenvalue weighted by molar-refractivity contribution is 0.150. The van der Waals surface area contributed by atoms with E-state index >= 15 is 0 Å². The van der Waals surface area contributed by atoms with E-state index in [0.29, 0.717) is 12.6 Å². The van der Waals surface area contributed by atoms with E-state index < -0.39 is 0 Å². The Balaban J connectivity index is 1.37. The van der Waals surface area contributed by atoms with E-state index in [2.05, 4.69) is 32.3 Å². The molecular weight excluding hydrogens is 312 g/mol. The number of hydrogen-bond acceptors (Lipinski definition) is 3. The minimum Gasteiger partial charge on any atom is -0.357 e. The molecule has 3 atom stereocenters. The normalized spacial score (nSPS) is 29.2. The Hall–Kier alpha value is -1.59. The molecule has 3 unspecified atom stereocenters. The highest BCUT2D eigenvalue weighted by Crippen LogP contribution is 2.40. The Morgan fingerprint density at radius 2 is 2.00 bits per heavy atom. The Kier molecular flexibility index (Phi) is 5.22. The molecule has 6 heteroatoms. The third-order valence-electron chi connectivity index (χ3n) is 6.29. The highest BCUT2D eigenvalue weighted by Gasteiger charge is 2.32. The molecule has 1 aromatic rings. The predicted molar refractivity (Wildman–Crippen MR) is 99.4 cm³/mol. The van der Waals surface area contributed by atoms with Crippen LogP contribution in [0, 0.1) is 11.8 Å². The van der Waals surface area contributed by atoms with Gasteiger partial charge in [-0.2, -0.15) is 0 Å². The summed E-state index contributed by atoms with van der Waals surface area (Å²) in [4.78, 5) is 4.80. The summed E-state index contributed by atoms with van der Waals surface area (Å²) in [5, 5.41) is 15.7. The van der Waals surface area contributed by atoms with Gasteiger partial charge in [-0.05, 0) is 44.4 Å². The second kappa shape index (κ2) is 7.75. The molecular formula is C19H32N6. The van der Waals surface area contributed by atoms with E-state index in [4.69, 9.17) is 4.99 Å². The molecule has 1 aliphatic heterocycles. The van der Waals surface area contributed by atoms with Crippen molar-refractivity contribution in [3.8, 4) is 0 Å². The molecule has 3 aliphatic rings. The molecule has 2 saturated carbocycles. The van der Waals surface area contributed by atoms with Gasteiger partial charge in [-0.15, -0.1) is 10.2 Å². The number of aromatic nitrogens is 3. The summed E-state index contributed by atoms with van der Waals surface area (Å²) in [7, 11) is 0. The molecule has 2 N–H and O–H groups in total. The SMILES string of the molecule is CCNC(=NCc1nnc2n1CCC2)NC1CCC2CCCCC2C1. The summed E-state index contributed by atoms with van der Waals surface area (Å²) in [5.41, 5.74) is 0. The summed E-state index contributed by atoms with van der Waals surface area (Å²) < 4.78 is 2.24. The maximum Gasteiger partial charge on any atom is 0.191 e. The van der Waals surface area contributed by atoms with Crippen LogP contribution < -0.4 is 10.6 Å². The molecule has 2 aliphatic carbocycles. The van der Waals surface area contributed by atoms with Gasteiger partial charge in [-0.3, -0.25) is 0 Å². The van der Waals surface area contributed by atoms with Crippen molar-refractivity contribution < 1.29 is 0 Å². The highest BCUT2D eigenvalue weighted by atomic mass is 15.3. The fourth-order valence-electron chi connectivity index (χ4n) is 5.00. The third kappa shape index (κ3) is 3.82. The van der Waals surface area contributed by atoms with Gasteiger partial charge in [0.1, 0.15) is 12.4 Å². The fraction of sp³-hybridized carbons (Fsp3) is 0.842. The Bertz CT molecular complexity index is 607. The van der Waals surface area contributed by atoms with Crippen LogP contribution in [0.5, 0.6) is 0 Å². The van der Waals surface area contributed by atoms with Crippen LogP contribution in [0.2, 0.25) is 0 Å². The number of rotatable bonds is 4. The van der Waals surface area contributed by atoms with Crippen molar-refractivity contribution in [3.63, 3.8) is 0 Å².